The summed E-state index contributed by atoms with van der Waals surface area (Å²) in [5.41, 5.74) is 4.53. The van der Waals surface area contributed by atoms with Gasteiger partial charge in [0, 0.05) is 21.3 Å². The molecule has 0 aliphatic heterocycles. The van der Waals surface area contributed by atoms with E-state index in [0.29, 0.717) is 5.78 Å². The van der Waals surface area contributed by atoms with Crippen molar-refractivity contribution >= 4 is 23.1 Å². The fourth-order valence-electron chi connectivity index (χ4n) is 4.01. The number of ketones is 1. The van der Waals surface area contributed by atoms with Crippen molar-refractivity contribution in [2.45, 2.75) is 75.0 Å². The van der Waals surface area contributed by atoms with Crippen LogP contribution in [0.1, 0.15) is 79.8 Å². The first-order valence-electron chi connectivity index (χ1n) is 10.7. The zero-order valence-electron chi connectivity index (χ0n) is 17.3. The molecule has 1 aliphatic carbocycles. The van der Waals surface area contributed by atoms with Gasteiger partial charge in [0.2, 0.25) is 0 Å². The molecule has 148 valence electrons. The minimum atomic E-state index is 0.231. The zero-order valence-corrected chi connectivity index (χ0v) is 18.1. The molecule has 0 atom stereocenters. The van der Waals surface area contributed by atoms with Gasteiger partial charge in [0.1, 0.15) is 0 Å². The Bertz CT molecular complexity index is 830. The summed E-state index contributed by atoms with van der Waals surface area (Å²) in [6, 6.07) is 14.8. The van der Waals surface area contributed by atoms with E-state index in [0.717, 1.165) is 24.8 Å². The van der Waals surface area contributed by atoms with Crippen LogP contribution in [-0.4, -0.2) is 5.78 Å². The molecule has 28 heavy (non-hydrogen) atoms. The summed E-state index contributed by atoms with van der Waals surface area (Å²) in [6.45, 7) is 8.65. The highest BCUT2D eigenvalue weighted by Gasteiger charge is 2.22. The van der Waals surface area contributed by atoms with Gasteiger partial charge in [-0.2, -0.15) is 0 Å². The molecule has 0 bridgehead atoms. The second kappa shape index (κ2) is 10.1. The van der Waals surface area contributed by atoms with Crippen LogP contribution in [0, 0.1) is 12.8 Å². The van der Waals surface area contributed by atoms with E-state index >= 15 is 0 Å². The molecular weight excluding hydrogens is 360 g/mol. The molecule has 1 saturated carbocycles. The molecule has 0 N–H and O–H groups in total. The molecule has 0 spiro atoms. The summed E-state index contributed by atoms with van der Waals surface area (Å²) in [6.07, 6.45) is 9.19. The number of hydrogen-bond acceptors (Lipinski definition) is 2. The van der Waals surface area contributed by atoms with E-state index in [1.807, 2.05) is 6.07 Å². The van der Waals surface area contributed by atoms with E-state index in [9.17, 15) is 4.79 Å². The fourth-order valence-corrected chi connectivity index (χ4v) is 5.07. The quantitative estimate of drug-likeness (QED) is 0.422. The van der Waals surface area contributed by atoms with E-state index in [-0.39, 0.29) is 5.92 Å². The van der Waals surface area contributed by atoms with Crippen LogP contribution in [0.2, 0.25) is 0 Å². The lowest BCUT2D eigenvalue weighted by Crippen LogP contribution is -2.17. The van der Waals surface area contributed by atoms with E-state index in [1.54, 1.807) is 11.8 Å². The Morgan fingerprint density at radius 2 is 1.82 bits per heavy atom. The van der Waals surface area contributed by atoms with Crippen molar-refractivity contribution in [3.63, 3.8) is 0 Å². The van der Waals surface area contributed by atoms with Crippen molar-refractivity contribution in [2.75, 3.05) is 0 Å². The normalized spacial score (nSPS) is 14.8. The topological polar surface area (TPSA) is 17.1 Å². The number of carbonyl (C=O) groups is 1. The van der Waals surface area contributed by atoms with Crippen LogP contribution in [0.15, 0.2) is 58.8 Å². The largest absolute Gasteiger partial charge is 0.294 e. The fraction of sp³-hybridized carbons (Fsp3) is 0.423. The number of rotatable bonds is 8. The molecule has 0 radical (unpaired) electrons. The molecule has 0 saturated heterocycles. The Hall–Kier alpha value is -1.80. The zero-order chi connectivity index (χ0) is 19.9. The lowest BCUT2D eigenvalue weighted by Gasteiger charge is -2.20. The highest BCUT2D eigenvalue weighted by atomic mass is 32.2. The Labute approximate surface area is 174 Å². The predicted molar refractivity (Wildman–Crippen MR) is 121 cm³/mol. The first kappa shape index (κ1) is 20.9. The lowest BCUT2D eigenvalue weighted by atomic mass is 9.84. The average molecular weight is 393 g/mol. The molecule has 0 unspecified atom stereocenters. The average Bonchev–Trinajstić information content (AvgIpc) is 2.74. The second-order valence-electron chi connectivity index (χ2n) is 7.98. The predicted octanol–water partition coefficient (Wildman–Crippen LogP) is 8.11. The molecule has 0 amide bonds. The van der Waals surface area contributed by atoms with Gasteiger partial charge in [0.15, 0.2) is 5.78 Å². The Morgan fingerprint density at radius 3 is 2.54 bits per heavy atom. The van der Waals surface area contributed by atoms with Gasteiger partial charge in [-0.15, -0.1) is 0 Å². The Morgan fingerprint density at radius 1 is 1.07 bits per heavy atom. The third-order valence-electron chi connectivity index (χ3n) is 5.76. The minimum Gasteiger partial charge on any atom is -0.294 e. The molecule has 3 rings (SSSR count). The number of unbranched alkanes of at least 4 members (excludes halogenated alkanes) is 1. The van der Waals surface area contributed by atoms with Gasteiger partial charge < -0.3 is 0 Å². The van der Waals surface area contributed by atoms with Crippen LogP contribution in [0.4, 0.5) is 0 Å². The molecule has 0 heterocycles. The number of allylic oxidation sites excluding steroid dienone is 1. The molecule has 0 aromatic heterocycles. The Balaban J connectivity index is 1.77. The molecule has 2 aromatic rings. The molecule has 1 nitrogen and oxygen atoms in total. The van der Waals surface area contributed by atoms with Gasteiger partial charge in [0.25, 0.3) is 0 Å². The van der Waals surface area contributed by atoms with Gasteiger partial charge in [-0.25, -0.2) is 0 Å². The van der Waals surface area contributed by atoms with Crippen LogP contribution in [0.25, 0.3) is 5.57 Å². The van der Waals surface area contributed by atoms with Crippen LogP contribution in [0.3, 0.4) is 0 Å². The van der Waals surface area contributed by atoms with E-state index in [1.165, 1.54) is 58.6 Å². The monoisotopic (exact) mass is 392 g/mol. The van der Waals surface area contributed by atoms with Crippen molar-refractivity contribution in [1.82, 2.24) is 0 Å². The Kier molecular flexibility index (Phi) is 7.56. The van der Waals surface area contributed by atoms with Crippen molar-refractivity contribution < 1.29 is 4.79 Å². The first-order valence-corrected chi connectivity index (χ1v) is 11.5. The molecule has 1 aliphatic rings. The first-order chi connectivity index (χ1) is 13.6. The number of hydrogen-bond donors (Lipinski definition) is 0. The summed E-state index contributed by atoms with van der Waals surface area (Å²) in [5, 5.41) is 0. The maximum atomic E-state index is 12.8. The number of aryl methyl sites for hydroxylation is 1. The van der Waals surface area contributed by atoms with E-state index in [4.69, 9.17) is 0 Å². The summed E-state index contributed by atoms with van der Waals surface area (Å²) >= 11 is 1.79. The van der Waals surface area contributed by atoms with Gasteiger partial charge in [-0.05, 0) is 67.5 Å². The third kappa shape index (κ3) is 5.17. The van der Waals surface area contributed by atoms with Crippen molar-refractivity contribution in [3.05, 3.63) is 65.7 Å². The lowest BCUT2D eigenvalue weighted by molar-refractivity contribution is 0.0889. The van der Waals surface area contributed by atoms with Crippen molar-refractivity contribution in [3.8, 4) is 0 Å². The van der Waals surface area contributed by atoms with Gasteiger partial charge >= 0.3 is 0 Å². The van der Waals surface area contributed by atoms with E-state index in [2.05, 4.69) is 56.8 Å². The highest BCUT2D eigenvalue weighted by molar-refractivity contribution is 7.99. The summed E-state index contributed by atoms with van der Waals surface area (Å²) in [4.78, 5) is 15.3. The maximum Gasteiger partial charge on any atom is 0.165 e. The minimum absolute atomic E-state index is 0.231. The van der Waals surface area contributed by atoms with Crippen LogP contribution >= 0.6 is 11.8 Å². The smallest absolute Gasteiger partial charge is 0.165 e. The summed E-state index contributed by atoms with van der Waals surface area (Å²) < 4.78 is 0. The SMILES string of the molecule is C=C(CCCC)c1ccccc1Sc1ccc(C(=O)C2CCCCC2)cc1C. The summed E-state index contributed by atoms with van der Waals surface area (Å²) in [5.74, 6) is 0.571. The molecule has 1 fully saturated rings. The molecular formula is C26H32OS. The highest BCUT2D eigenvalue weighted by Crippen LogP contribution is 2.37. The molecule has 2 aromatic carbocycles. The third-order valence-corrected chi connectivity index (χ3v) is 7.01. The second-order valence-corrected chi connectivity index (χ2v) is 9.07. The molecule has 2 heteroatoms. The van der Waals surface area contributed by atoms with Crippen LogP contribution < -0.4 is 0 Å². The van der Waals surface area contributed by atoms with Crippen molar-refractivity contribution in [1.29, 1.82) is 0 Å². The number of Topliss-reactive ketones (excluding diaryl/α,β-unsaturated/α-hetero) is 1. The summed E-state index contributed by atoms with van der Waals surface area (Å²) in [7, 11) is 0. The van der Waals surface area contributed by atoms with Gasteiger partial charge in [-0.1, -0.05) is 75.2 Å². The van der Waals surface area contributed by atoms with Gasteiger partial charge in [0.05, 0.1) is 0 Å². The van der Waals surface area contributed by atoms with Gasteiger partial charge in [-0.3, -0.25) is 4.79 Å². The maximum absolute atomic E-state index is 12.8. The van der Waals surface area contributed by atoms with Crippen LogP contribution in [0.5, 0.6) is 0 Å². The van der Waals surface area contributed by atoms with E-state index < -0.39 is 0 Å². The van der Waals surface area contributed by atoms with Crippen molar-refractivity contribution in [2.24, 2.45) is 5.92 Å². The number of carbonyl (C=O) groups excluding carboxylic acids is 1. The number of benzene rings is 2. The standard InChI is InChI=1S/C26H32OS/c1-4-5-11-19(2)23-14-9-10-15-25(23)28-24-17-16-22(18-20(24)3)26(27)21-12-7-6-8-13-21/h9-10,14-18,21H,2,4-8,11-13H2,1,3H3. The van der Waals surface area contributed by atoms with Crippen LogP contribution in [-0.2, 0) is 0 Å².